The normalized spacial score (nSPS) is 17.3. The molecule has 32 heavy (non-hydrogen) atoms. The molecule has 1 aliphatic carbocycles. The number of carbonyl (C=O) groups excluding carboxylic acids is 1. The van der Waals surface area contributed by atoms with Crippen molar-refractivity contribution in [2.75, 3.05) is 7.11 Å². The van der Waals surface area contributed by atoms with E-state index in [0.717, 1.165) is 30.6 Å². The maximum Gasteiger partial charge on any atom is 0.315 e. The number of fused-ring (bicyclic) bond motifs is 1. The molecule has 2 atom stereocenters. The monoisotopic (exact) mass is 468 g/mol. The number of nitrogens with one attached hydrogen (secondary N) is 2. The number of amides is 2. The van der Waals surface area contributed by atoms with Gasteiger partial charge in [0.15, 0.2) is 0 Å². The maximum absolute atomic E-state index is 12.7. The standard InChI is InChI=1S/C26H26Cl2N2O2/c1-32-20-9-10-21-19(15-20)8-12-25(22(21)13-17-5-3-2-4-6-17)30-26(31)29-16-18-7-11-23(27)24(28)14-18/h2-7,9-11,14-15,22,25H,8,12-13,16H2,1H3,(H2,29,30,31). The third-order valence-electron chi connectivity index (χ3n) is 6.01. The summed E-state index contributed by atoms with van der Waals surface area (Å²) < 4.78 is 5.42. The van der Waals surface area contributed by atoms with E-state index in [0.29, 0.717) is 16.6 Å². The van der Waals surface area contributed by atoms with Crippen LogP contribution in [0.15, 0.2) is 66.7 Å². The van der Waals surface area contributed by atoms with Gasteiger partial charge in [0.25, 0.3) is 0 Å². The average molecular weight is 469 g/mol. The number of aryl methyl sites for hydroxylation is 1. The predicted octanol–water partition coefficient (Wildman–Crippen LogP) is 6.14. The molecule has 0 aliphatic heterocycles. The summed E-state index contributed by atoms with van der Waals surface area (Å²) in [4.78, 5) is 12.7. The van der Waals surface area contributed by atoms with Gasteiger partial charge in [0.05, 0.1) is 17.2 Å². The Morgan fingerprint density at radius 1 is 1.00 bits per heavy atom. The fourth-order valence-corrected chi connectivity index (χ4v) is 4.68. The minimum Gasteiger partial charge on any atom is -0.497 e. The molecule has 6 heteroatoms. The van der Waals surface area contributed by atoms with E-state index in [9.17, 15) is 4.79 Å². The van der Waals surface area contributed by atoms with Crippen LogP contribution in [0.1, 0.15) is 34.6 Å². The van der Waals surface area contributed by atoms with Crippen LogP contribution in [0.2, 0.25) is 10.0 Å². The van der Waals surface area contributed by atoms with Gasteiger partial charge in [-0.05, 0) is 65.8 Å². The topological polar surface area (TPSA) is 50.4 Å². The van der Waals surface area contributed by atoms with E-state index in [-0.39, 0.29) is 18.0 Å². The second-order valence-electron chi connectivity index (χ2n) is 8.08. The lowest BCUT2D eigenvalue weighted by atomic mass is 9.76. The first-order chi connectivity index (χ1) is 15.5. The number of urea groups is 1. The van der Waals surface area contributed by atoms with E-state index in [1.54, 1.807) is 19.2 Å². The van der Waals surface area contributed by atoms with Gasteiger partial charge in [-0.25, -0.2) is 4.79 Å². The fourth-order valence-electron chi connectivity index (χ4n) is 4.36. The Labute approximate surface area is 198 Å². The Morgan fingerprint density at radius 3 is 2.56 bits per heavy atom. The van der Waals surface area contributed by atoms with Gasteiger partial charge in [0.2, 0.25) is 0 Å². The zero-order valence-electron chi connectivity index (χ0n) is 17.9. The van der Waals surface area contributed by atoms with Crippen molar-refractivity contribution in [1.29, 1.82) is 0 Å². The van der Waals surface area contributed by atoms with Crippen molar-refractivity contribution in [2.45, 2.75) is 37.8 Å². The lowest BCUT2D eigenvalue weighted by Crippen LogP contribution is -2.46. The number of halogens is 2. The first-order valence-electron chi connectivity index (χ1n) is 10.7. The summed E-state index contributed by atoms with van der Waals surface area (Å²) in [5.74, 6) is 1.05. The van der Waals surface area contributed by atoms with E-state index < -0.39 is 0 Å². The predicted molar refractivity (Wildman–Crippen MR) is 130 cm³/mol. The molecular formula is C26H26Cl2N2O2. The number of rotatable bonds is 6. The highest BCUT2D eigenvalue weighted by atomic mass is 35.5. The summed E-state index contributed by atoms with van der Waals surface area (Å²) in [5.41, 5.74) is 4.72. The highest BCUT2D eigenvalue weighted by molar-refractivity contribution is 6.42. The van der Waals surface area contributed by atoms with Crippen LogP contribution in [0, 0.1) is 0 Å². The number of benzene rings is 3. The zero-order chi connectivity index (χ0) is 22.5. The molecule has 4 nitrogen and oxygen atoms in total. The molecule has 0 saturated heterocycles. The molecule has 2 N–H and O–H groups in total. The number of hydrogen-bond acceptors (Lipinski definition) is 2. The molecule has 2 amide bonds. The average Bonchev–Trinajstić information content (AvgIpc) is 2.81. The quantitative estimate of drug-likeness (QED) is 0.456. The Kier molecular flexibility index (Phi) is 7.23. The molecule has 0 bridgehead atoms. The Bertz CT molecular complexity index is 1090. The lowest BCUT2D eigenvalue weighted by Gasteiger charge is -2.34. The molecule has 0 fully saturated rings. The van der Waals surface area contributed by atoms with E-state index in [1.807, 2.05) is 18.2 Å². The molecule has 4 rings (SSSR count). The van der Waals surface area contributed by atoms with Crippen LogP contribution >= 0.6 is 23.2 Å². The highest BCUT2D eigenvalue weighted by Gasteiger charge is 2.31. The molecule has 0 radical (unpaired) electrons. The van der Waals surface area contributed by atoms with Gasteiger partial charge in [-0.1, -0.05) is 65.7 Å². The van der Waals surface area contributed by atoms with Crippen molar-refractivity contribution in [3.8, 4) is 5.75 Å². The summed E-state index contributed by atoms with van der Waals surface area (Å²) in [6, 6.07) is 21.9. The minimum atomic E-state index is -0.184. The van der Waals surface area contributed by atoms with Crippen LogP contribution in [0.25, 0.3) is 0 Å². The van der Waals surface area contributed by atoms with Gasteiger partial charge in [0.1, 0.15) is 5.75 Å². The molecule has 0 spiro atoms. The largest absolute Gasteiger partial charge is 0.497 e. The Balaban J connectivity index is 1.49. The maximum atomic E-state index is 12.7. The summed E-state index contributed by atoms with van der Waals surface area (Å²) in [5, 5.41) is 7.14. The molecule has 166 valence electrons. The smallest absolute Gasteiger partial charge is 0.315 e. The van der Waals surface area contributed by atoms with Crippen molar-refractivity contribution in [3.05, 3.63) is 99.0 Å². The number of hydrogen-bond donors (Lipinski definition) is 2. The van der Waals surface area contributed by atoms with Crippen LogP contribution in [0.3, 0.4) is 0 Å². The Hall–Kier alpha value is -2.69. The van der Waals surface area contributed by atoms with Crippen LogP contribution in [0.5, 0.6) is 5.75 Å². The van der Waals surface area contributed by atoms with Gasteiger partial charge >= 0.3 is 6.03 Å². The van der Waals surface area contributed by atoms with Crippen LogP contribution in [-0.4, -0.2) is 19.2 Å². The number of ether oxygens (including phenoxy) is 1. The van der Waals surface area contributed by atoms with E-state index in [1.165, 1.54) is 16.7 Å². The van der Waals surface area contributed by atoms with Crippen LogP contribution in [-0.2, 0) is 19.4 Å². The summed E-state index contributed by atoms with van der Waals surface area (Å²) in [7, 11) is 1.69. The molecule has 2 unspecified atom stereocenters. The number of carbonyl (C=O) groups is 1. The molecule has 1 aliphatic rings. The van der Waals surface area contributed by atoms with Gasteiger partial charge in [-0.15, -0.1) is 0 Å². The van der Waals surface area contributed by atoms with Crippen molar-refractivity contribution in [1.82, 2.24) is 10.6 Å². The first-order valence-corrected chi connectivity index (χ1v) is 11.5. The molecule has 0 saturated carbocycles. The van der Waals surface area contributed by atoms with E-state index in [2.05, 4.69) is 47.0 Å². The highest BCUT2D eigenvalue weighted by Crippen LogP contribution is 2.36. The second-order valence-corrected chi connectivity index (χ2v) is 8.90. The van der Waals surface area contributed by atoms with E-state index >= 15 is 0 Å². The summed E-state index contributed by atoms with van der Waals surface area (Å²) in [6.45, 7) is 0.382. The fraction of sp³-hybridized carbons (Fsp3) is 0.269. The Morgan fingerprint density at radius 2 is 1.81 bits per heavy atom. The molecule has 3 aromatic rings. The van der Waals surface area contributed by atoms with Crippen molar-refractivity contribution in [2.24, 2.45) is 0 Å². The van der Waals surface area contributed by atoms with Crippen molar-refractivity contribution in [3.63, 3.8) is 0 Å². The molecule has 3 aromatic carbocycles. The van der Waals surface area contributed by atoms with Gasteiger partial charge < -0.3 is 15.4 Å². The molecule has 0 heterocycles. The minimum absolute atomic E-state index is 0.0323. The van der Waals surface area contributed by atoms with Crippen molar-refractivity contribution >= 4 is 29.2 Å². The van der Waals surface area contributed by atoms with E-state index in [4.69, 9.17) is 27.9 Å². The van der Waals surface area contributed by atoms with Crippen LogP contribution in [0.4, 0.5) is 4.79 Å². The van der Waals surface area contributed by atoms with Crippen molar-refractivity contribution < 1.29 is 9.53 Å². The third-order valence-corrected chi connectivity index (χ3v) is 6.75. The lowest BCUT2D eigenvalue weighted by molar-refractivity contribution is 0.232. The third kappa shape index (κ3) is 5.37. The second kappa shape index (κ2) is 10.3. The SMILES string of the molecule is COc1ccc2c(c1)CCC(NC(=O)NCc1ccc(Cl)c(Cl)c1)C2Cc1ccccc1. The summed E-state index contributed by atoms with van der Waals surface area (Å²) in [6.07, 6.45) is 2.63. The van der Waals surface area contributed by atoms with Gasteiger partial charge in [-0.3, -0.25) is 0 Å². The van der Waals surface area contributed by atoms with Crippen LogP contribution < -0.4 is 15.4 Å². The first kappa shape index (κ1) is 22.5. The zero-order valence-corrected chi connectivity index (χ0v) is 19.4. The molecular weight excluding hydrogens is 443 g/mol. The summed E-state index contributed by atoms with van der Waals surface area (Å²) >= 11 is 12.1. The van der Waals surface area contributed by atoms with Gasteiger partial charge in [0, 0.05) is 18.5 Å². The van der Waals surface area contributed by atoms with Gasteiger partial charge in [-0.2, -0.15) is 0 Å². The molecule has 0 aromatic heterocycles. The number of methoxy groups -OCH3 is 1.